The van der Waals surface area contributed by atoms with Gasteiger partial charge >= 0.3 is 0 Å². The molecule has 0 saturated carbocycles. The van der Waals surface area contributed by atoms with E-state index in [0.717, 1.165) is 12.1 Å². The van der Waals surface area contributed by atoms with E-state index >= 15 is 0 Å². The predicted octanol–water partition coefficient (Wildman–Crippen LogP) is -0.954. The molecule has 1 aromatic carbocycles. The molecule has 7 heteroatoms. The molecule has 6 nitrogen and oxygen atoms in total. The van der Waals surface area contributed by atoms with Gasteiger partial charge in [-0.1, -0.05) is 6.07 Å². The first-order chi connectivity index (χ1) is 8.95. The number of phenolic OH excluding ortho intramolecular Hbond substituents is 1. The van der Waals surface area contributed by atoms with Crippen molar-refractivity contribution >= 4 is 0 Å². The number of rotatable bonds is 2. The van der Waals surface area contributed by atoms with Crippen LogP contribution in [-0.4, -0.2) is 56.6 Å². The van der Waals surface area contributed by atoms with Crippen LogP contribution in [0.1, 0.15) is 11.7 Å². The Morgan fingerprint density at radius 1 is 1.11 bits per heavy atom. The van der Waals surface area contributed by atoms with Crippen LogP contribution in [0.2, 0.25) is 0 Å². The minimum absolute atomic E-state index is 0.232. The molecule has 106 valence electrons. The van der Waals surface area contributed by atoms with E-state index in [1.807, 2.05) is 0 Å². The molecule has 0 aliphatic carbocycles. The van der Waals surface area contributed by atoms with E-state index in [0.29, 0.717) is 0 Å². The number of benzene rings is 1. The molecule has 0 bridgehead atoms. The van der Waals surface area contributed by atoms with E-state index in [-0.39, 0.29) is 5.56 Å². The highest BCUT2D eigenvalue weighted by Gasteiger charge is 2.44. The highest BCUT2D eigenvalue weighted by Crippen LogP contribution is 2.34. The number of ether oxygens (including phenoxy) is 1. The molecule has 2 rings (SSSR count). The molecule has 0 spiro atoms. The van der Waals surface area contributed by atoms with Crippen molar-refractivity contribution in [2.75, 3.05) is 6.61 Å². The zero-order valence-electron chi connectivity index (χ0n) is 9.85. The summed E-state index contributed by atoms with van der Waals surface area (Å²) in [7, 11) is 0. The van der Waals surface area contributed by atoms with Gasteiger partial charge in [-0.05, 0) is 17.7 Å². The number of hydrogen-bond donors (Lipinski definition) is 5. The summed E-state index contributed by atoms with van der Waals surface area (Å²) < 4.78 is 18.2. The Bertz CT molecular complexity index is 452. The van der Waals surface area contributed by atoms with Gasteiger partial charge < -0.3 is 30.3 Å². The lowest BCUT2D eigenvalue weighted by atomic mass is 9.91. The van der Waals surface area contributed by atoms with Crippen LogP contribution in [-0.2, 0) is 4.74 Å². The predicted molar refractivity (Wildman–Crippen MR) is 60.8 cm³/mol. The summed E-state index contributed by atoms with van der Waals surface area (Å²) in [6, 6.07) is 3.33. The molecule has 0 amide bonds. The average molecular weight is 274 g/mol. The zero-order valence-corrected chi connectivity index (χ0v) is 9.85. The molecule has 5 atom stereocenters. The van der Waals surface area contributed by atoms with Crippen LogP contribution in [0.15, 0.2) is 18.2 Å². The molecule has 1 aliphatic heterocycles. The maximum Gasteiger partial charge on any atom is 0.164 e. The number of aromatic hydroxyl groups is 1. The summed E-state index contributed by atoms with van der Waals surface area (Å²) in [6.07, 6.45) is -6.55. The number of phenols is 1. The molecule has 0 unspecified atom stereocenters. The summed E-state index contributed by atoms with van der Waals surface area (Å²) >= 11 is 0. The van der Waals surface area contributed by atoms with Crippen molar-refractivity contribution in [2.24, 2.45) is 0 Å². The second kappa shape index (κ2) is 5.40. The average Bonchev–Trinajstić information content (AvgIpc) is 2.40. The molecular formula is C12H15FO6. The van der Waals surface area contributed by atoms with Crippen LogP contribution in [0, 0.1) is 5.82 Å². The zero-order chi connectivity index (χ0) is 14.2. The van der Waals surface area contributed by atoms with Crippen molar-refractivity contribution in [3.05, 3.63) is 29.6 Å². The number of aliphatic hydroxyl groups is 4. The highest BCUT2D eigenvalue weighted by molar-refractivity contribution is 5.31. The Hall–Kier alpha value is -1.25. The van der Waals surface area contributed by atoms with Gasteiger partial charge in [0.25, 0.3) is 0 Å². The fraction of sp³-hybridized carbons (Fsp3) is 0.500. The van der Waals surface area contributed by atoms with Crippen LogP contribution in [0.4, 0.5) is 4.39 Å². The van der Waals surface area contributed by atoms with Gasteiger partial charge in [0.15, 0.2) is 11.6 Å². The third-order valence-electron chi connectivity index (χ3n) is 3.19. The number of hydrogen-bond acceptors (Lipinski definition) is 6. The Balaban J connectivity index is 2.29. The number of halogens is 1. The molecule has 1 heterocycles. The third-order valence-corrected chi connectivity index (χ3v) is 3.19. The molecular weight excluding hydrogens is 259 g/mol. The van der Waals surface area contributed by atoms with Crippen LogP contribution >= 0.6 is 0 Å². The van der Waals surface area contributed by atoms with E-state index in [4.69, 9.17) is 9.84 Å². The van der Waals surface area contributed by atoms with Gasteiger partial charge in [-0.15, -0.1) is 0 Å². The smallest absolute Gasteiger partial charge is 0.164 e. The van der Waals surface area contributed by atoms with Crippen molar-refractivity contribution in [2.45, 2.75) is 30.5 Å². The Labute approximate surface area is 108 Å². The minimum atomic E-state index is -1.51. The third kappa shape index (κ3) is 2.56. The standard InChI is InChI=1S/C12H15FO6/c13-6-2-1-5(3-7(6)15)12-11(18)10(17)9(16)8(4-14)19-12/h1-3,8-12,14-18H,4H2/t8-,9-,10+,11+,12-/m1/s1. The van der Waals surface area contributed by atoms with Crippen LogP contribution in [0.3, 0.4) is 0 Å². The van der Waals surface area contributed by atoms with Crippen molar-refractivity contribution in [3.8, 4) is 5.75 Å². The summed E-state index contributed by atoms with van der Waals surface area (Å²) in [5.41, 5.74) is 0.232. The topological polar surface area (TPSA) is 110 Å². The molecule has 5 N–H and O–H groups in total. The Kier molecular flexibility index (Phi) is 4.02. The van der Waals surface area contributed by atoms with Crippen molar-refractivity contribution < 1.29 is 34.7 Å². The lowest BCUT2D eigenvalue weighted by molar-refractivity contribution is -0.231. The Morgan fingerprint density at radius 3 is 2.37 bits per heavy atom. The molecule has 1 aromatic rings. The van der Waals surface area contributed by atoms with Gasteiger partial charge in [-0.3, -0.25) is 0 Å². The largest absolute Gasteiger partial charge is 0.505 e. The van der Waals surface area contributed by atoms with Crippen LogP contribution in [0.25, 0.3) is 0 Å². The maximum atomic E-state index is 13.0. The summed E-state index contributed by atoms with van der Waals surface area (Å²) in [4.78, 5) is 0. The SMILES string of the molecule is OC[C@H]1O[C@H](c2ccc(F)c(O)c2)[C@@H](O)[C@@H](O)[C@@H]1O. The lowest BCUT2D eigenvalue weighted by Crippen LogP contribution is -2.55. The van der Waals surface area contributed by atoms with Crippen molar-refractivity contribution in [3.63, 3.8) is 0 Å². The molecule has 0 aromatic heterocycles. The van der Waals surface area contributed by atoms with E-state index in [2.05, 4.69) is 0 Å². The molecule has 1 saturated heterocycles. The quantitative estimate of drug-likeness (QED) is 0.475. The molecule has 19 heavy (non-hydrogen) atoms. The minimum Gasteiger partial charge on any atom is -0.505 e. The first-order valence-electron chi connectivity index (χ1n) is 5.74. The van der Waals surface area contributed by atoms with Gasteiger partial charge in [-0.2, -0.15) is 0 Å². The summed E-state index contributed by atoms with van der Waals surface area (Å²) in [5, 5.41) is 47.4. The van der Waals surface area contributed by atoms with Gasteiger partial charge in [0.05, 0.1) is 6.61 Å². The summed E-state index contributed by atoms with van der Waals surface area (Å²) in [6.45, 7) is -0.547. The fourth-order valence-electron chi connectivity index (χ4n) is 2.08. The van der Waals surface area contributed by atoms with E-state index in [1.165, 1.54) is 6.07 Å². The Morgan fingerprint density at radius 2 is 1.79 bits per heavy atom. The van der Waals surface area contributed by atoms with Gasteiger partial charge in [-0.25, -0.2) is 4.39 Å². The molecule has 1 fully saturated rings. The van der Waals surface area contributed by atoms with Crippen LogP contribution < -0.4 is 0 Å². The monoisotopic (exact) mass is 274 g/mol. The fourth-order valence-corrected chi connectivity index (χ4v) is 2.08. The molecule has 1 aliphatic rings. The second-order valence-corrected chi connectivity index (χ2v) is 4.46. The highest BCUT2D eigenvalue weighted by atomic mass is 19.1. The van der Waals surface area contributed by atoms with E-state index in [1.54, 1.807) is 0 Å². The first kappa shape index (κ1) is 14.2. The maximum absolute atomic E-state index is 13.0. The van der Waals surface area contributed by atoms with Gasteiger partial charge in [0.2, 0.25) is 0 Å². The van der Waals surface area contributed by atoms with Crippen LogP contribution in [0.5, 0.6) is 5.75 Å². The van der Waals surface area contributed by atoms with E-state index < -0.39 is 48.7 Å². The van der Waals surface area contributed by atoms with Gasteiger partial charge in [0, 0.05) is 0 Å². The number of aliphatic hydroxyl groups excluding tert-OH is 4. The first-order valence-corrected chi connectivity index (χ1v) is 5.74. The van der Waals surface area contributed by atoms with Crippen molar-refractivity contribution in [1.29, 1.82) is 0 Å². The molecule has 0 radical (unpaired) electrons. The lowest BCUT2D eigenvalue weighted by Gasteiger charge is -2.40. The van der Waals surface area contributed by atoms with Crippen molar-refractivity contribution in [1.82, 2.24) is 0 Å². The second-order valence-electron chi connectivity index (χ2n) is 4.46. The normalized spacial score (nSPS) is 35.3. The van der Waals surface area contributed by atoms with Gasteiger partial charge in [0.1, 0.15) is 30.5 Å². The summed E-state index contributed by atoms with van der Waals surface area (Å²) in [5.74, 6) is -1.44. The van der Waals surface area contributed by atoms with E-state index in [9.17, 15) is 24.8 Å².